The molecule has 2 aliphatic rings. The molecule has 0 aliphatic carbocycles. The summed E-state index contributed by atoms with van der Waals surface area (Å²) in [6.07, 6.45) is 4.64. The predicted octanol–water partition coefficient (Wildman–Crippen LogP) is 0.990. The lowest BCUT2D eigenvalue weighted by Gasteiger charge is -2.25. The van der Waals surface area contributed by atoms with E-state index in [2.05, 4.69) is 15.7 Å². The molecule has 0 bridgehead atoms. The van der Waals surface area contributed by atoms with E-state index < -0.39 is 0 Å². The van der Waals surface area contributed by atoms with Crippen LogP contribution in [-0.4, -0.2) is 53.2 Å². The number of benzene rings is 1. The lowest BCUT2D eigenvalue weighted by atomic mass is 9.90. The minimum absolute atomic E-state index is 0.0121. The van der Waals surface area contributed by atoms with Gasteiger partial charge >= 0.3 is 0 Å². The fourth-order valence-electron chi connectivity index (χ4n) is 3.84. The summed E-state index contributed by atoms with van der Waals surface area (Å²) in [6, 6.07) is 5.63. The number of hydrogen-bond donors (Lipinski definition) is 2. The summed E-state index contributed by atoms with van der Waals surface area (Å²) in [6.45, 7) is 2.13. The Morgan fingerprint density at radius 2 is 2.15 bits per heavy atom. The van der Waals surface area contributed by atoms with Crippen LogP contribution in [0.4, 0.5) is 5.69 Å². The van der Waals surface area contributed by atoms with Crippen molar-refractivity contribution in [2.75, 3.05) is 32.0 Å². The molecule has 4 rings (SSSR count). The SMILES string of the molecule is CN1CCc2ccc(NC(=O)[C@H]3CNC[C@@H]3c3cnn(C)c3)cc2C1=O. The Labute approximate surface area is 152 Å². The second kappa shape index (κ2) is 6.57. The summed E-state index contributed by atoms with van der Waals surface area (Å²) in [5, 5.41) is 10.5. The average Bonchev–Trinajstić information content (AvgIpc) is 3.27. The maximum Gasteiger partial charge on any atom is 0.253 e. The quantitative estimate of drug-likeness (QED) is 0.863. The Morgan fingerprint density at radius 3 is 2.92 bits per heavy atom. The third kappa shape index (κ3) is 2.99. The van der Waals surface area contributed by atoms with E-state index in [0.717, 1.165) is 30.6 Å². The first kappa shape index (κ1) is 16.8. The van der Waals surface area contributed by atoms with E-state index in [9.17, 15) is 9.59 Å². The molecular weight excluding hydrogens is 330 g/mol. The maximum absolute atomic E-state index is 12.8. The molecule has 1 aromatic heterocycles. The van der Waals surface area contributed by atoms with Crippen LogP contribution in [0.2, 0.25) is 0 Å². The smallest absolute Gasteiger partial charge is 0.253 e. The van der Waals surface area contributed by atoms with Crippen molar-refractivity contribution in [2.45, 2.75) is 12.3 Å². The summed E-state index contributed by atoms with van der Waals surface area (Å²) in [4.78, 5) is 26.9. The predicted molar refractivity (Wildman–Crippen MR) is 98.0 cm³/mol. The van der Waals surface area contributed by atoms with Gasteiger partial charge in [-0.25, -0.2) is 0 Å². The lowest BCUT2D eigenvalue weighted by molar-refractivity contribution is -0.119. The minimum Gasteiger partial charge on any atom is -0.341 e. The monoisotopic (exact) mass is 353 g/mol. The van der Waals surface area contributed by atoms with Gasteiger partial charge in [-0.2, -0.15) is 5.10 Å². The zero-order chi connectivity index (χ0) is 18.3. The molecule has 0 spiro atoms. The number of aryl methyl sites for hydroxylation is 1. The first-order valence-electron chi connectivity index (χ1n) is 8.91. The van der Waals surface area contributed by atoms with Gasteiger partial charge < -0.3 is 15.5 Å². The molecular formula is C19H23N5O2. The largest absolute Gasteiger partial charge is 0.341 e. The van der Waals surface area contributed by atoms with E-state index >= 15 is 0 Å². The van der Waals surface area contributed by atoms with Gasteiger partial charge in [0.1, 0.15) is 0 Å². The Bertz CT molecular complexity index is 859. The fraction of sp³-hybridized carbons (Fsp3) is 0.421. The first-order chi connectivity index (χ1) is 12.5. The molecule has 1 saturated heterocycles. The van der Waals surface area contributed by atoms with Crippen LogP contribution < -0.4 is 10.6 Å². The van der Waals surface area contributed by atoms with Crippen LogP contribution in [0.5, 0.6) is 0 Å². The van der Waals surface area contributed by atoms with Crippen molar-refractivity contribution in [1.29, 1.82) is 0 Å². The minimum atomic E-state index is -0.159. The van der Waals surface area contributed by atoms with Gasteiger partial charge in [0, 0.05) is 57.1 Å². The number of amides is 2. The van der Waals surface area contributed by atoms with Crippen molar-refractivity contribution in [3.8, 4) is 0 Å². The highest BCUT2D eigenvalue weighted by atomic mass is 16.2. The summed E-state index contributed by atoms with van der Waals surface area (Å²) >= 11 is 0. The number of likely N-dealkylation sites (N-methyl/N-ethyl adjacent to an activating group) is 1. The average molecular weight is 353 g/mol. The number of fused-ring (bicyclic) bond motifs is 1. The Kier molecular flexibility index (Phi) is 4.24. The molecule has 2 aromatic rings. The molecule has 0 radical (unpaired) electrons. The number of nitrogens with zero attached hydrogens (tertiary/aromatic N) is 3. The molecule has 0 unspecified atom stereocenters. The number of carbonyl (C=O) groups excluding carboxylic acids is 2. The lowest BCUT2D eigenvalue weighted by Crippen LogP contribution is -2.34. The zero-order valence-corrected chi connectivity index (χ0v) is 15.0. The van der Waals surface area contributed by atoms with Crippen molar-refractivity contribution in [3.63, 3.8) is 0 Å². The standard InChI is InChI=1S/C19H23N5O2/c1-23-6-5-12-3-4-14(7-15(12)19(23)26)22-18(25)17-10-20-9-16(17)13-8-21-24(2)11-13/h3-4,7-8,11,16-17,20H,5-6,9-10H2,1-2H3,(H,22,25)/t16-,17+/m1/s1. The molecule has 1 aromatic carbocycles. The van der Waals surface area contributed by atoms with Crippen LogP contribution in [0.3, 0.4) is 0 Å². The van der Waals surface area contributed by atoms with E-state index in [1.807, 2.05) is 31.6 Å². The van der Waals surface area contributed by atoms with Crippen LogP contribution >= 0.6 is 0 Å². The van der Waals surface area contributed by atoms with E-state index in [-0.39, 0.29) is 23.7 Å². The molecule has 7 heteroatoms. The van der Waals surface area contributed by atoms with Gasteiger partial charge in [-0.05, 0) is 29.7 Å². The normalized spacial score (nSPS) is 22.4. The van der Waals surface area contributed by atoms with Gasteiger partial charge in [0.2, 0.25) is 5.91 Å². The van der Waals surface area contributed by atoms with Gasteiger partial charge in [0.25, 0.3) is 5.91 Å². The van der Waals surface area contributed by atoms with Gasteiger partial charge in [-0.3, -0.25) is 14.3 Å². The van der Waals surface area contributed by atoms with Crippen molar-refractivity contribution in [3.05, 3.63) is 47.3 Å². The number of aromatic nitrogens is 2. The third-order valence-corrected chi connectivity index (χ3v) is 5.38. The van der Waals surface area contributed by atoms with Crippen molar-refractivity contribution >= 4 is 17.5 Å². The second-order valence-corrected chi connectivity index (χ2v) is 7.16. The van der Waals surface area contributed by atoms with Crippen LogP contribution in [-0.2, 0) is 18.3 Å². The molecule has 26 heavy (non-hydrogen) atoms. The molecule has 2 N–H and O–H groups in total. The van der Waals surface area contributed by atoms with E-state index in [1.165, 1.54) is 0 Å². The zero-order valence-electron chi connectivity index (χ0n) is 15.0. The van der Waals surface area contributed by atoms with Gasteiger partial charge in [-0.1, -0.05) is 6.07 Å². The first-order valence-corrected chi connectivity index (χ1v) is 8.91. The van der Waals surface area contributed by atoms with Gasteiger partial charge in [0.05, 0.1) is 12.1 Å². The number of nitrogens with one attached hydrogen (secondary N) is 2. The Balaban J connectivity index is 1.52. The highest BCUT2D eigenvalue weighted by molar-refractivity contribution is 5.99. The van der Waals surface area contributed by atoms with Crippen molar-refractivity contribution < 1.29 is 9.59 Å². The number of hydrogen-bond acceptors (Lipinski definition) is 4. The third-order valence-electron chi connectivity index (χ3n) is 5.38. The number of anilines is 1. The Morgan fingerprint density at radius 1 is 1.31 bits per heavy atom. The molecule has 0 saturated carbocycles. The maximum atomic E-state index is 12.8. The Hall–Kier alpha value is -2.67. The molecule has 7 nitrogen and oxygen atoms in total. The molecule has 3 heterocycles. The van der Waals surface area contributed by atoms with Crippen molar-refractivity contribution in [1.82, 2.24) is 20.0 Å². The fourth-order valence-corrected chi connectivity index (χ4v) is 3.84. The van der Waals surface area contributed by atoms with Crippen LogP contribution in [0, 0.1) is 5.92 Å². The summed E-state index contributed by atoms with van der Waals surface area (Å²) in [7, 11) is 3.68. The summed E-state index contributed by atoms with van der Waals surface area (Å²) < 4.78 is 1.76. The van der Waals surface area contributed by atoms with Gasteiger partial charge in [-0.15, -0.1) is 0 Å². The highest BCUT2D eigenvalue weighted by Crippen LogP contribution is 2.29. The van der Waals surface area contributed by atoms with E-state index in [4.69, 9.17) is 0 Å². The molecule has 136 valence electrons. The summed E-state index contributed by atoms with van der Waals surface area (Å²) in [5.41, 5.74) is 3.47. The van der Waals surface area contributed by atoms with Gasteiger partial charge in [0.15, 0.2) is 0 Å². The molecule has 2 aliphatic heterocycles. The molecule has 1 fully saturated rings. The van der Waals surface area contributed by atoms with E-state index in [1.54, 1.807) is 22.7 Å². The summed E-state index contributed by atoms with van der Waals surface area (Å²) in [5.74, 6) is -0.0683. The van der Waals surface area contributed by atoms with E-state index in [0.29, 0.717) is 17.8 Å². The molecule has 2 atom stereocenters. The second-order valence-electron chi connectivity index (χ2n) is 7.16. The van der Waals surface area contributed by atoms with Crippen molar-refractivity contribution in [2.24, 2.45) is 13.0 Å². The number of carbonyl (C=O) groups is 2. The van der Waals surface area contributed by atoms with Crippen LogP contribution in [0.25, 0.3) is 0 Å². The number of rotatable bonds is 3. The van der Waals surface area contributed by atoms with Crippen LogP contribution in [0.15, 0.2) is 30.6 Å². The topological polar surface area (TPSA) is 79.3 Å². The highest BCUT2D eigenvalue weighted by Gasteiger charge is 2.35. The van der Waals surface area contributed by atoms with Crippen LogP contribution in [0.1, 0.15) is 27.4 Å². The molecule has 2 amide bonds.